The molecule has 0 spiro atoms. The minimum absolute atomic E-state index is 0.206. The minimum Gasteiger partial charge on any atom is -0.441 e. The van der Waals surface area contributed by atoms with Gasteiger partial charge in [-0.05, 0) is 13.1 Å². The van der Waals surface area contributed by atoms with Crippen LogP contribution in [-0.2, 0) is 4.74 Å². The molecule has 3 rings (SSSR count). The highest BCUT2D eigenvalue weighted by Gasteiger charge is 2.33. The molecule has 2 saturated heterocycles. The summed E-state index contributed by atoms with van der Waals surface area (Å²) in [5, 5.41) is 15.8. The van der Waals surface area contributed by atoms with Gasteiger partial charge in [0.1, 0.15) is 11.0 Å². The molecule has 1 amide bonds. The lowest BCUT2D eigenvalue weighted by atomic mass is 10.2. The van der Waals surface area contributed by atoms with E-state index in [2.05, 4.69) is 21.9 Å². The average Bonchev–Trinajstić information content (AvgIpc) is 3.14. The Morgan fingerprint density at radius 3 is 2.79 bits per heavy atom. The summed E-state index contributed by atoms with van der Waals surface area (Å²) >= 11 is 0. The van der Waals surface area contributed by atoms with Crippen LogP contribution < -0.4 is 0 Å². The van der Waals surface area contributed by atoms with E-state index in [1.165, 1.54) is 23.4 Å². The molecule has 2 aliphatic rings. The predicted molar refractivity (Wildman–Crippen MR) is 83.9 cm³/mol. The van der Waals surface area contributed by atoms with Crippen molar-refractivity contribution in [2.24, 2.45) is 5.10 Å². The van der Waals surface area contributed by atoms with Gasteiger partial charge >= 0.3 is 12.0 Å². The van der Waals surface area contributed by atoms with Crippen LogP contribution in [0.2, 0.25) is 0 Å². The fourth-order valence-electron chi connectivity index (χ4n) is 2.65. The van der Waals surface area contributed by atoms with E-state index in [0.717, 1.165) is 26.2 Å². The second-order valence-corrected chi connectivity index (χ2v) is 5.87. The molecule has 1 atom stereocenters. The van der Waals surface area contributed by atoms with Crippen molar-refractivity contribution in [3.8, 4) is 0 Å². The summed E-state index contributed by atoms with van der Waals surface area (Å²) in [5.74, 6) is -0.162. The third-order valence-corrected chi connectivity index (χ3v) is 4.03. The van der Waals surface area contributed by atoms with Gasteiger partial charge in [0.2, 0.25) is 0 Å². The Labute approximate surface area is 138 Å². The molecule has 10 heteroatoms. The largest absolute Gasteiger partial charge is 0.441 e. The van der Waals surface area contributed by atoms with Crippen molar-refractivity contribution < 1.29 is 18.9 Å². The van der Waals surface area contributed by atoms with Crippen LogP contribution in [0.3, 0.4) is 0 Å². The number of carbonyl (C=O) groups is 1. The first-order valence-electron chi connectivity index (χ1n) is 7.68. The van der Waals surface area contributed by atoms with E-state index < -0.39 is 11.0 Å². The van der Waals surface area contributed by atoms with Gasteiger partial charge in [-0.15, -0.1) is 0 Å². The van der Waals surface area contributed by atoms with Crippen LogP contribution in [0.1, 0.15) is 5.76 Å². The van der Waals surface area contributed by atoms with Gasteiger partial charge in [0, 0.05) is 32.7 Å². The topological polar surface area (TPSA) is 105 Å². The van der Waals surface area contributed by atoms with Crippen molar-refractivity contribution in [1.82, 2.24) is 14.8 Å². The molecule has 1 aromatic heterocycles. The summed E-state index contributed by atoms with van der Waals surface area (Å²) in [4.78, 5) is 26.3. The number of hydrogen-bond acceptors (Lipinski definition) is 8. The van der Waals surface area contributed by atoms with Crippen LogP contribution in [0.4, 0.5) is 10.7 Å². The van der Waals surface area contributed by atoms with Crippen LogP contribution in [0.5, 0.6) is 0 Å². The monoisotopic (exact) mass is 337 g/mol. The summed E-state index contributed by atoms with van der Waals surface area (Å²) in [7, 11) is 2.09. The highest BCUT2D eigenvalue weighted by molar-refractivity contribution is 5.78. The van der Waals surface area contributed by atoms with Gasteiger partial charge < -0.3 is 14.1 Å². The average molecular weight is 337 g/mol. The summed E-state index contributed by atoms with van der Waals surface area (Å²) in [5.41, 5.74) is 0. The standard InChI is InChI=1S/C14H19N5O5/c1-16-4-6-17(7-5-16)9-12-10-18(14(20)24-12)15-8-11-2-3-13(23-11)19(21)22/h2-3,8,12H,4-7,9-10H2,1H3/b15-8-. The molecule has 1 unspecified atom stereocenters. The Hall–Kier alpha value is -2.46. The first kappa shape index (κ1) is 16.4. The lowest BCUT2D eigenvalue weighted by Gasteiger charge is -2.33. The van der Waals surface area contributed by atoms with Crippen LogP contribution in [0, 0.1) is 10.1 Å². The summed E-state index contributed by atoms with van der Waals surface area (Å²) in [6, 6.07) is 2.66. The van der Waals surface area contributed by atoms with Gasteiger partial charge in [0.25, 0.3) is 0 Å². The third kappa shape index (κ3) is 3.89. The number of carbonyl (C=O) groups excluding carboxylic acids is 1. The predicted octanol–water partition coefficient (Wildman–Crippen LogP) is 0.590. The van der Waals surface area contributed by atoms with E-state index in [4.69, 9.17) is 9.15 Å². The molecular weight excluding hydrogens is 318 g/mol. The smallest absolute Gasteiger partial charge is 0.433 e. The molecule has 0 N–H and O–H groups in total. The first-order valence-corrected chi connectivity index (χ1v) is 7.68. The Balaban J connectivity index is 1.52. The third-order valence-electron chi connectivity index (χ3n) is 4.03. The number of hydrazone groups is 1. The number of furan rings is 1. The van der Waals surface area contributed by atoms with Gasteiger partial charge in [0.05, 0.1) is 18.8 Å². The Kier molecular flexibility index (Phi) is 4.76. The maximum atomic E-state index is 11.8. The Morgan fingerprint density at radius 2 is 2.12 bits per heavy atom. The van der Waals surface area contributed by atoms with E-state index in [1.54, 1.807) is 0 Å². The normalized spacial score (nSPS) is 23.1. The Bertz CT molecular complexity index is 637. The summed E-state index contributed by atoms with van der Waals surface area (Å²) < 4.78 is 10.3. The summed E-state index contributed by atoms with van der Waals surface area (Å²) in [6.07, 6.45) is 0.516. The molecule has 130 valence electrons. The quantitative estimate of drug-likeness (QED) is 0.440. The van der Waals surface area contributed by atoms with Crippen molar-refractivity contribution in [3.05, 3.63) is 28.0 Å². The highest BCUT2D eigenvalue weighted by atomic mass is 16.6. The molecular formula is C14H19N5O5. The SMILES string of the molecule is CN1CCN(CC2CN(/N=C\c3ccc([N+](=O)[O-])o3)C(=O)O2)CC1. The van der Waals surface area contributed by atoms with Gasteiger partial charge in [-0.3, -0.25) is 15.0 Å². The fourth-order valence-corrected chi connectivity index (χ4v) is 2.65. The molecule has 0 bridgehead atoms. The number of hydrogen-bond donors (Lipinski definition) is 0. The molecule has 10 nitrogen and oxygen atoms in total. The zero-order valence-electron chi connectivity index (χ0n) is 13.3. The zero-order valence-corrected chi connectivity index (χ0v) is 13.3. The summed E-state index contributed by atoms with van der Waals surface area (Å²) in [6.45, 7) is 4.93. The van der Waals surface area contributed by atoms with E-state index >= 15 is 0 Å². The van der Waals surface area contributed by atoms with E-state index in [0.29, 0.717) is 13.1 Å². The Morgan fingerprint density at radius 1 is 1.38 bits per heavy atom. The number of amides is 1. The van der Waals surface area contributed by atoms with Crippen molar-refractivity contribution in [1.29, 1.82) is 0 Å². The minimum atomic E-state index is -0.631. The van der Waals surface area contributed by atoms with Crippen LogP contribution >= 0.6 is 0 Å². The highest BCUT2D eigenvalue weighted by Crippen LogP contribution is 2.16. The molecule has 2 aliphatic heterocycles. The maximum absolute atomic E-state index is 11.8. The maximum Gasteiger partial charge on any atom is 0.433 e. The first-order chi connectivity index (χ1) is 11.5. The number of rotatable bonds is 5. The number of piperazine rings is 1. The number of cyclic esters (lactones) is 1. The van der Waals surface area contributed by atoms with Crippen molar-refractivity contribution in [2.45, 2.75) is 6.10 Å². The van der Waals surface area contributed by atoms with Gasteiger partial charge in [0.15, 0.2) is 5.76 Å². The fraction of sp³-hybridized carbons (Fsp3) is 0.571. The molecule has 2 fully saturated rings. The van der Waals surface area contributed by atoms with Crippen molar-refractivity contribution in [2.75, 3.05) is 46.3 Å². The van der Waals surface area contributed by atoms with Gasteiger partial charge in [-0.1, -0.05) is 0 Å². The lowest BCUT2D eigenvalue weighted by Crippen LogP contribution is -2.47. The molecule has 0 aliphatic carbocycles. The zero-order chi connectivity index (χ0) is 17.1. The lowest BCUT2D eigenvalue weighted by molar-refractivity contribution is -0.402. The van der Waals surface area contributed by atoms with E-state index in [-0.39, 0.29) is 17.7 Å². The van der Waals surface area contributed by atoms with Crippen LogP contribution in [0.25, 0.3) is 0 Å². The van der Waals surface area contributed by atoms with Crippen LogP contribution in [-0.4, -0.2) is 84.5 Å². The molecule has 24 heavy (non-hydrogen) atoms. The molecule has 0 aromatic carbocycles. The van der Waals surface area contributed by atoms with Gasteiger partial charge in [-0.2, -0.15) is 10.1 Å². The second kappa shape index (κ2) is 6.97. The molecule has 0 radical (unpaired) electrons. The van der Waals surface area contributed by atoms with Crippen molar-refractivity contribution in [3.63, 3.8) is 0 Å². The molecule has 3 heterocycles. The van der Waals surface area contributed by atoms with Gasteiger partial charge in [-0.25, -0.2) is 4.79 Å². The second-order valence-electron chi connectivity index (χ2n) is 5.87. The van der Waals surface area contributed by atoms with E-state index in [1.807, 2.05) is 0 Å². The van der Waals surface area contributed by atoms with E-state index in [9.17, 15) is 14.9 Å². The number of nitrogens with zero attached hydrogens (tertiary/aromatic N) is 5. The van der Waals surface area contributed by atoms with Crippen LogP contribution in [0.15, 0.2) is 21.7 Å². The van der Waals surface area contributed by atoms with Crippen molar-refractivity contribution >= 4 is 18.2 Å². The number of nitro groups is 1. The molecule has 1 aromatic rings. The molecule has 0 saturated carbocycles. The number of ether oxygens (including phenoxy) is 1. The number of likely N-dealkylation sites (N-methyl/N-ethyl adjacent to an activating group) is 1.